The summed E-state index contributed by atoms with van der Waals surface area (Å²) in [4.78, 5) is 44.4. The number of aliphatic hydroxyl groups excluding tert-OH is 1. The Morgan fingerprint density at radius 3 is 2.19 bits per heavy atom. The lowest BCUT2D eigenvalue weighted by atomic mass is 9.81. The predicted molar refractivity (Wildman–Crippen MR) is 148 cm³/mol. The van der Waals surface area contributed by atoms with Gasteiger partial charge >= 0.3 is 12.2 Å². The van der Waals surface area contributed by atoms with E-state index < -0.39 is 58.7 Å². The molecule has 2 heterocycles. The Balaban J connectivity index is 1.77. The molecule has 2 saturated heterocycles. The highest BCUT2D eigenvalue weighted by Crippen LogP contribution is 2.43. The molecule has 0 aromatic rings. The molecule has 4 amide bonds. The van der Waals surface area contributed by atoms with Crippen molar-refractivity contribution in [2.75, 3.05) is 27.2 Å². The molecule has 9 nitrogen and oxygen atoms in total. The van der Waals surface area contributed by atoms with E-state index in [2.05, 4.69) is 11.9 Å². The van der Waals surface area contributed by atoms with Crippen LogP contribution in [0.2, 0.25) is 0 Å². The number of likely N-dealkylation sites (N-methyl/N-ethyl adjacent to an activating group) is 1. The highest BCUT2D eigenvalue weighted by molar-refractivity contribution is 6.00. The third-order valence-corrected chi connectivity index (χ3v) is 8.81. The number of allylic oxidation sites excluding steroid dienone is 3. The first-order valence-electron chi connectivity index (χ1n) is 14.3. The van der Waals surface area contributed by atoms with Crippen molar-refractivity contribution in [2.45, 2.75) is 95.4 Å². The average molecular weight is 603 g/mol. The number of hydrogen-bond acceptors (Lipinski definition) is 5. The molecule has 2 atom stereocenters. The summed E-state index contributed by atoms with van der Waals surface area (Å²) in [5, 5.41) is 13.6. The number of hydrogen-bond donors (Lipinski definition) is 2. The molecule has 1 unspecified atom stereocenters. The van der Waals surface area contributed by atoms with Crippen LogP contribution in [0.15, 0.2) is 35.7 Å². The van der Waals surface area contributed by atoms with Crippen molar-refractivity contribution >= 4 is 17.8 Å². The summed E-state index contributed by atoms with van der Waals surface area (Å²) < 4.78 is 59.3. The number of carbonyl (C=O) groups is 3. The second kappa shape index (κ2) is 13.2. The van der Waals surface area contributed by atoms with Crippen molar-refractivity contribution < 1.29 is 41.8 Å². The molecule has 42 heavy (non-hydrogen) atoms. The molecule has 2 aliphatic heterocycles. The summed E-state index contributed by atoms with van der Waals surface area (Å²) in [7, 11) is 3.22. The van der Waals surface area contributed by atoms with Crippen LogP contribution in [0.5, 0.6) is 0 Å². The summed E-state index contributed by atoms with van der Waals surface area (Å²) >= 11 is 0. The third-order valence-electron chi connectivity index (χ3n) is 8.81. The first-order valence-corrected chi connectivity index (χ1v) is 14.3. The Morgan fingerprint density at radius 1 is 1.17 bits per heavy atom. The minimum Gasteiger partial charge on any atom is -0.381 e. The Morgan fingerprint density at radius 2 is 1.74 bits per heavy atom. The molecule has 0 aromatic heterocycles. The third kappa shape index (κ3) is 6.66. The standard InChI is InChI=1S/C29H42F4N4O5/c1-7-19(29(31,32)33)16-22(18(4)30)24(38)34-23(17(2)3)25(39)36-14-12-28(13-15-36)26(40)35(5)27(41)37(28)20-8-10-21(42-6)11-9-20/h7,16-17,20-21,23,26,40H,4,8-15H2,1-3,5-6H3,(H,34,38)/b19-7+,22-16+/t20?,21?,23-,26?/m1/s1. The van der Waals surface area contributed by atoms with E-state index >= 15 is 0 Å². The van der Waals surface area contributed by atoms with E-state index in [4.69, 9.17) is 4.74 Å². The van der Waals surface area contributed by atoms with Gasteiger partial charge in [0.05, 0.1) is 22.8 Å². The number of methoxy groups -OCH3 is 1. The van der Waals surface area contributed by atoms with Crippen molar-refractivity contribution in [1.29, 1.82) is 0 Å². The molecule has 236 valence electrons. The number of nitrogens with one attached hydrogen (secondary N) is 1. The number of urea groups is 1. The zero-order valence-electron chi connectivity index (χ0n) is 24.8. The van der Waals surface area contributed by atoms with E-state index in [1.165, 1.54) is 9.80 Å². The SMILES string of the molecule is C=C(F)/C(=C\C(=C/C)C(F)(F)F)C(=O)N[C@@H](C(=O)N1CCC2(CC1)C(O)N(C)C(=O)N2C1CCC(OC)CC1)C(C)C. The molecule has 1 spiro atoms. The number of aliphatic hydroxyl groups is 1. The van der Waals surface area contributed by atoms with E-state index in [1.807, 2.05) is 0 Å². The van der Waals surface area contributed by atoms with E-state index in [-0.39, 0.29) is 31.3 Å². The number of amides is 4. The average Bonchev–Trinajstić information content (AvgIpc) is 3.11. The van der Waals surface area contributed by atoms with Crippen molar-refractivity contribution in [3.8, 4) is 0 Å². The molecule has 0 aromatic carbocycles. The van der Waals surface area contributed by atoms with E-state index in [1.54, 1.807) is 32.9 Å². The van der Waals surface area contributed by atoms with Gasteiger partial charge in [-0.05, 0) is 57.4 Å². The molecule has 3 fully saturated rings. The van der Waals surface area contributed by atoms with Gasteiger partial charge in [0, 0.05) is 33.3 Å². The Labute approximate surface area is 244 Å². The normalized spacial score (nSPS) is 26.2. The molecular formula is C29H42F4N4O5. The van der Waals surface area contributed by atoms with E-state index in [0.717, 1.165) is 32.6 Å². The monoisotopic (exact) mass is 602 g/mol. The van der Waals surface area contributed by atoms with Crippen molar-refractivity contribution in [3.63, 3.8) is 0 Å². The van der Waals surface area contributed by atoms with Crippen LogP contribution in [0.3, 0.4) is 0 Å². The van der Waals surface area contributed by atoms with Crippen LogP contribution in [0.1, 0.15) is 59.3 Å². The molecule has 3 aliphatic rings. The van der Waals surface area contributed by atoms with Gasteiger partial charge in [-0.2, -0.15) is 13.2 Å². The number of ether oxygens (including phenoxy) is 1. The fraction of sp³-hybridized carbons (Fsp3) is 0.690. The summed E-state index contributed by atoms with van der Waals surface area (Å²) in [6.07, 6.45) is -1.05. The Kier molecular flexibility index (Phi) is 10.5. The summed E-state index contributed by atoms with van der Waals surface area (Å²) in [5.74, 6) is -3.52. The minimum absolute atomic E-state index is 0.0776. The quantitative estimate of drug-likeness (QED) is 0.248. The second-order valence-corrected chi connectivity index (χ2v) is 11.6. The number of alkyl halides is 3. The summed E-state index contributed by atoms with van der Waals surface area (Å²) in [6.45, 7) is 7.76. The summed E-state index contributed by atoms with van der Waals surface area (Å²) in [6, 6.07) is -1.50. The maximum absolute atomic E-state index is 14.1. The fourth-order valence-electron chi connectivity index (χ4n) is 6.30. The number of piperidine rings is 1. The first-order chi connectivity index (χ1) is 19.6. The molecule has 1 saturated carbocycles. The van der Waals surface area contributed by atoms with Gasteiger partial charge < -0.3 is 25.0 Å². The molecule has 13 heteroatoms. The van der Waals surface area contributed by atoms with Gasteiger partial charge in [0.1, 0.15) is 11.9 Å². The second-order valence-electron chi connectivity index (χ2n) is 11.6. The highest BCUT2D eigenvalue weighted by atomic mass is 19.4. The number of rotatable bonds is 8. The number of halogens is 4. The molecule has 1 aliphatic carbocycles. The van der Waals surface area contributed by atoms with Crippen LogP contribution in [0.25, 0.3) is 0 Å². The zero-order chi connectivity index (χ0) is 31.6. The Hall–Kier alpha value is -2.93. The lowest BCUT2D eigenvalue weighted by Crippen LogP contribution is -2.63. The first kappa shape index (κ1) is 33.6. The highest BCUT2D eigenvalue weighted by Gasteiger charge is 2.59. The summed E-state index contributed by atoms with van der Waals surface area (Å²) in [5.41, 5.74) is -3.05. The minimum atomic E-state index is -4.82. The maximum atomic E-state index is 14.1. The largest absolute Gasteiger partial charge is 0.416 e. The lowest BCUT2D eigenvalue weighted by Gasteiger charge is -2.49. The smallest absolute Gasteiger partial charge is 0.381 e. The lowest BCUT2D eigenvalue weighted by molar-refractivity contribution is -0.141. The van der Waals surface area contributed by atoms with Crippen LogP contribution in [-0.2, 0) is 14.3 Å². The number of carbonyl (C=O) groups excluding carboxylic acids is 3. The van der Waals surface area contributed by atoms with Gasteiger partial charge in [-0.25, -0.2) is 9.18 Å². The number of nitrogens with zero attached hydrogens (tertiary/aromatic N) is 3. The van der Waals surface area contributed by atoms with Gasteiger partial charge in [-0.3, -0.25) is 14.5 Å². The van der Waals surface area contributed by atoms with Gasteiger partial charge in [0.25, 0.3) is 5.91 Å². The van der Waals surface area contributed by atoms with Gasteiger partial charge in [-0.1, -0.05) is 26.5 Å². The van der Waals surface area contributed by atoms with Crippen LogP contribution >= 0.6 is 0 Å². The topological polar surface area (TPSA) is 102 Å². The zero-order valence-corrected chi connectivity index (χ0v) is 24.8. The van der Waals surface area contributed by atoms with Gasteiger partial charge in [0.2, 0.25) is 5.91 Å². The van der Waals surface area contributed by atoms with Crippen LogP contribution < -0.4 is 5.32 Å². The van der Waals surface area contributed by atoms with Crippen LogP contribution in [0.4, 0.5) is 22.4 Å². The van der Waals surface area contributed by atoms with Crippen molar-refractivity contribution in [1.82, 2.24) is 20.0 Å². The fourth-order valence-corrected chi connectivity index (χ4v) is 6.30. The van der Waals surface area contributed by atoms with E-state index in [9.17, 15) is 37.1 Å². The van der Waals surface area contributed by atoms with Gasteiger partial charge in [-0.15, -0.1) is 0 Å². The molecule has 2 N–H and O–H groups in total. The Bertz CT molecular complexity index is 1110. The van der Waals surface area contributed by atoms with Crippen LogP contribution in [-0.4, -0.2) is 101 Å². The number of likely N-dealkylation sites (tertiary alicyclic amines) is 1. The molecule has 0 bridgehead atoms. The maximum Gasteiger partial charge on any atom is 0.416 e. The predicted octanol–water partition coefficient (Wildman–Crippen LogP) is 4.05. The van der Waals surface area contributed by atoms with Crippen LogP contribution in [0, 0.1) is 5.92 Å². The molecule has 3 rings (SSSR count). The van der Waals surface area contributed by atoms with Crippen molar-refractivity contribution in [2.24, 2.45) is 5.92 Å². The van der Waals surface area contributed by atoms with E-state index in [0.29, 0.717) is 25.0 Å². The van der Waals surface area contributed by atoms with Crippen molar-refractivity contribution in [3.05, 3.63) is 35.7 Å². The van der Waals surface area contributed by atoms with Gasteiger partial charge in [0.15, 0.2) is 6.23 Å². The molecule has 0 radical (unpaired) electrons. The molecular weight excluding hydrogens is 560 g/mol.